The largest absolute Gasteiger partial charge is 0.488 e. The van der Waals surface area contributed by atoms with Crippen molar-refractivity contribution in [3.63, 3.8) is 0 Å². The van der Waals surface area contributed by atoms with Crippen molar-refractivity contribution >= 4 is 17.3 Å². The van der Waals surface area contributed by atoms with Crippen molar-refractivity contribution in [3.8, 4) is 11.5 Å². The van der Waals surface area contributed by atoms with E-state index in [-0.39, 0.29) is 19.1 Å². The van der Waals surface area contributed by atoms with E-state index in [9.17, 15) is 10.1 Å². The van der Waals surface area contributed by atoms with E-state index in [1.807, 2.05) is 0 Å². The van der Waals surface area contributed by atoms with Crippen molar-refractivity contribution in [1.29, 1.82) is 0 Å². The zero-order valence-electron chi connectivity index (χ0n) is 14.1. The lowest BCUT2D eigenvalue weighted by atomic mass is 10.1. The van der Waals surface area contributed by atoms with E-state index in [2.05, 4.69) is 0 Å². The quantitative estimate of drug-likeness (QED) is 0.584. The summed E-state index contributed by atoms with van der Waals surface area (Å²) in [6.45, 7) is 1.34. The van der Waals surface area contributed by atoms with Crippen LogP contribution in [-0.2, 0) is 24.4 Å². The monoisotopic (exact) mass is 378 g/mol. The van der Waals surface area contributed by atoms with Crippen molar-refractivity contribution in [3.05, 3.63) is 62.2 Å². The minimum absolute atomic E-state index is 0.0324. The van der Waals surface area contributed by atoms with Crippen molar-refractivity contribution in [1.82, 2.24) is 0 Å². The van der Waals surface area contributed by atoms with Gasteiger partial charge in [-0.15, -0.1) is 0 Å². The Morgan fingerprint density at radius 3 is 2.88 bits per heavy atom. The third-order valence-corrected chi connectivity index (χ3v) is 4.26. The Hall–Kier alpha value is -2.35. The molecule has 0 atom stereocenters. The van der Waals surface area contributed by atoms with Gasteiger partial charge in [-0.3, -0.25) is 10.1 Å². The molecule has 8 heteroatoms. The number of halogens is 1. The molecule has 0 spiro atoms. The van der Waals surface area contributed by atoms with Crippen LogP contribution >= 0.6 is 11.6 Å². The van der Waals surface area contributed by atoms with Crippen LogP contribution in [0.15, 0.2) is 30.3 Å². The molecule has 0 radical (unpaired) electrons. The fraction of sp³-hybridized carbons (Fsp3) is 0.333. The molecule has 0 fully saturated rings. The molecule has 0 unspecified atom stereocenters. The van der Waals surface area contributed by atoms with E-state index < -0.39 is 4.92 Å². The van der Waals surface area contributed by atoms with Crippen LogP contribution in [0.5, 0.6) is 11.5 Å². The fourth-order valence-electron chi connectivity index (χ4n) is 2.83. The summed E-state index contributed by atoms with van der Waals surface area (Å²) in [4.78, 5) is 10.6. The number of benzene rings is 2. The average Bonchev–Trinajstić information content (AvgIpc) is 2.64. The first-order chi connectivity index (χ1) is 12.6. The van der Waals surface area contributed by atoms with Crippen molar-refractivity contribution in [2.75, 3.05) is 13.3 Å². The maximum atomic E-state index is 11.0. The highest BCUT2D eigenvalue weighted by Gasteiger charge is 2.18. The van der Waals surface area contributed by atoms with E-state index in [0.717, 1.165) is 16.7 Å². The van der Waals surface area contributed by atoms with Gasteiger partial charge < -0.3 is 19.9 Å². The van der Waals surface area contributed by atoms with Crippen LogP contribution in [0.3, 0.4) is 0 Å². The SMILES string of the molecule is NCCCc1cc([N+](=O)[O-])ccc1OCc1cc(Cl)cc2c1OCOC2. The number of nitrogens with zero attached hydrogens (tertiary/aromatic N) is 1. The molecule has 138 valence electrons. The van der Waals surface area contributed by atoms with Crippen LogP contribution in [0.2, 0.25) is 5.02 Å². The molecule has 1 aliphatic rings. The van der Waals surface area contributed by atoms with E-state index in [1.165, 1.54) is 12.1 Å². The minimum atomic E-state index is -0.420. The maximum Gasteiger partial charge on any atom is 0.269 e. The van der Waals surface area contributed by atoms with Gasteiger partial charge in [-0.05, 0) is 37.6 Å². The summed E-state index contributed by atoms with van der Waals surface area (Å²) in [5, 5.41) is 11.6. The second kappa shape index (κ2) is 8.35. The van der Waals surface area contributed by atoms with Gasteiger partial charge in [0, 0.05) is 33.8 Å². The molecule has 0 aromatic heterocycles. The van der Waals surface area contributed by atoms with Gasteiger partial charge in [0.15, 0.2) is 6.79 Å². The Morgan fingerprint density at radius 2 is 2.12 bits per heavy atom. The molecule has 3 rings (SSSR count). The van der Waals surface area contributed by atoms with Gasteiger partial charge in [-0.25, -0.2) is 0 Å². The van der Waals surface area contributed by atoms with Gasteiger partial charge in [0.1, 0.15) is 18.1 Å². The molecule has 2 aromatic rings. The summed E-state index contributed by atoms with van der Waals surface area (Å²) in [6, 6.07) is 8.17. The van der Waals surface area contributed by atoms with Gasteiger partial charge in [0.05, 0.1) is 11.5 Å². The smallest absolute Gasteiger partial charge is 0.269 e. The lowest BCUT2D eigenvalue weighted by Crippen LogP contribution is -2.14. The predicted molar refractivity (Wildman–Crippen MR) is 96.5 cm³/mol. The highest BCUT2D eigenvalue weighted by Crippen LogP contribution is 2.33. The van der Waals surface area contributed by atoms with Gasteiger partial charge in [0.2, 0.25) is 0 Å². The minimum Gasteiger partial charge on any atom is -0.488 e. The van der Waals surface area contributed by atoms with Crippen LogP contribution < -0.4 is 15.2 Å². The first-order valence-electron chi connectivity index (χ1n) is 8.20. The number of aryl methyl sites for hydroxylation is 1. The Morgan fingerprint density at radius 1 is 1.27 bits per heavy atom. The highest BCUT2D eigenvalue weighted by molar-refractivity contribution is 6.30. The number of nitro groups is 1. The van der Waals surface area contributed by atoms with Crippen LogP contribution in [-0.4, -0.2) is 18.3 Å². The third kappa shape index (κ3) is 4.24. The molecular weight excluding hydrogens is 360 g/mol. The molecule has 0 amide bonds. The number of hydrogen-bond donors (Lipinski definition) is 1. The summed E-state index contributed by atoms with van der Waals surface area (Å²) in [7, 11) is 0. The average molecular weight is 379 g/mol. The van der Waals surface area contributed by atoms with Gasteiger partial charge in [-0.2, -0.15) is 0 Å². The van der Waals surface area contributed by atoms with Crippen LogP contribution in [0.1, 0.15) is 23.1 Å². The highest BCUT2D eigenvalue weighted by atomic mass is 35.5. The van der Waals surface area contributed by atoms with Gasteiger partial charge in [0.25, 0.3) is 5.69 Å². The Kier molecular flexibility index (Phi) is 5.92. The van der Waals surface area contributed by atoms with Gasteiger partial charge >= 0.3 is 0 Å². The molecule has 2 aromatic carbocycles. The molecular formula is C18H19ClN2O5. The number of non-ortho nitro benzene ring substituents is 1. The molecule has 0 saturated heterocycles. The van der Waals surface area contributed by atoms with Crippen molar-refractivity contribution in [2.45, 2.75) is 26.1 Å². The van der Waals surface area contributed by atoms with Crippen LogP contribution in [0, 0.1) is 10.1 Å². The topological polar surface area (TPSA) is 96.9 Å². The van der Waals surface area contributed by atoms with Crippen LogP contribution in [0.25, 0.3) is 0 Å². The second-order valence-corrected chi connectivity index (χ2v) is 6.33. The fourth-order valence-corrected chi connectivity index (χ4v) is 3.09. The Labute approximate surface area is 155 Å². The maximum absolute atomic E-state index is 11.0. The summed E-state index contributed by atoms with van der Waals surface area (Å²) < 4.78 is 16.8. The molecule has 1 aliphatic heterocycles. The molecule has 1 heterocycles. The predicted octanol–water partition coefficient (Wildman–Crippen LogP) is 3.59. The van der Waals surface area contributed by atoms with E-state index in [1.54, 1.807) is 18.2 Å². The molecule has 0 bridgehead atoms. The summed E-state index contributed by atoms with van der Waals surface area (Å²) in [5.41, 5.74) is 8.03. The zero-order chi connectivity index (χ0) is 18.5. The number of nitrogens with two attached hydrogens (primary N) is 1. The van der Waals surface area contributed by atoms with Crippen molar-refractivity contribution < 1.29 is 19.1 Å². The molecule has 0 saturated carbocycles. The first-order valence-corrected chi connectivity index (χ1v) is 8.58. The number of nitro benzene ring substituents is 1. The first kappa shape index (κ1) is 18.4. The summed E-state index contributed by atoms with van der Waals surface area (Å²) in [6.07, 6.45) is 1.32. The second-order valence-electron chi connectivity index (χ2n) is 5.89. The number of hydrogen-bond acceptors (Lipinski definition) is 6. The van der Waals surface area contributed by atoms with Crippen LogP contribution in [0.4, 0.5) is 5.69 Å². The lowest BCUT2D eigenvalue weighted by molar-refractivity contribution is -0.384. The third-order valence-electron chi connectivity index (χ3n) is 4.04. The summed E-state index contributed by atoms with van der Waals surface area (Å²) in [5.74, 6) is 1.30. The summed E-state index contributed by atoms with van der Waals surface area (Å²) >= 11 is 6.16. The molecule has 26 heavy (non-hydrogen) atoms. The Bertz CT molecular complexity index is 812. The molecule has 7 nitrogen and oxygen atoms in total. The number of rotatable bonds is 7. The van der Waals surface area contributed by atoms with E-state index >= 15 is 0 Å². The molecule has 0 aliphatic carbocycles. The lowest BCUT2D eigenvalue weighted by Gasteiger charge is -2.21. The van der Waals surface area contributed by atoms with E-state index in [0.29, 0.717) is 42.5 Å². The van der Waals surface area contributed by atoms with Gasteiger partial charge in [-0.1, -0.05) is 11.6 Å². The number of fused-ring (bicyclic) bond motifs is 1. The van der Waals surface area contributed by atoms with E-state index in [4.69, 9.17) is 31.5 Å². The Balaban J connectivity index is 1.83. The normalized spacial score (nSPS) is 13.0. The number of ether oxygens (including phenoxy) is 3. The standard InChI is InChI=1S/C18H19ClN2O5/c19-15-6-13-9-24-11-26-18(13)14(7-15)10-25-17-4-3-16(21(22)23)8-12(17)2-1-5-20/h3-4,6-8H,1-2,5,9-11,20H2. The zero-order valence-corrected chi connectivity index (χ0v) is 14.8. The van der Waals surface area contributed by atoms with Crippen molar-refractivity contribution in [2.24, 2.45) is 5.73 Å². The molecule has 2 N–H and O–H groups in total.